The minimum Gasteiger partial charge on any atom is -0.368 e. The van der Waals surface area contributed by atoms with E-state index in [0.717, 1.165) is 33.7 Å². The first-order chi connectivity index (χ1) is 17.9. The molecule has 2 amide bonds. The SMILES string of the molecule is CON(C)C(=O)c1sc(-c2ccc3c(c2)CCN3C(C)=O)c(C)c1-c1ccc(S(=O)(=O)/N=C/N(C)C)cc1. The largest absolute Gasteiger partial charge is 0.368 e. The fourth-order valence-electron chi connectivity index (χ4n) is 4.39. The highest BCUT2D eigenvalue weighted by Gasteiger charge is 2.27. The summed E-state index contributed by atoms with van der Waals surface area (Å²) in [5, 5.41) is 1.17. The molecule has 1 aliphatic rings. The van der Waals surface area contributed by atoms with Gasteiger partial charge in [-0.05, 0) is 59.9 Å². The van der Waals surface area contributed by atoms with E-state index in [1.165, 1.54) is 42.0 Å². The van der Waals surface area contributed by atoms with Crippen LogP contribution >= 0.6 is 11.3 Å². The Bertz CT molecular complexity index is 1530. The van der Waals surface area contributed by atoms with E-state index >= 15 is 0 Å². The van der Waals surface area contributed by atoms with Gasteiger partial charge >= 0.3 is 0 Å². The topological polar surface area (TPSA) is 99.6 Å². The second kappa shape index (κ2) is 10.7. The zero-order chi connectivity index (χ0) is 27.8. The average Bonchev–Trinajstić information content (AvgIpc) is 3.47. The fraction of sp³-hybridized carbons (Fsp3) is 0.296. The van der Waals surface area contributed by atoms with E-state index in [0.29, 0.717) is 22.5 Å². The van der Waals surface area contributed by atoms with Crippen LogP contribution in [-0.2, 0) is 26.1 Å². The van der Waals surface area contributed by atoms with Crippen molar-refractivity contribution in [2.45, 2.75) is 25.2 Å². The number of amides is 2. The number of hydrogen-bond donors (Lipinski definition) is 0. The van der Waals surface area contributed by atoms with Crippen LogP contribution in [0.2, 0.25) is 0 Å². The number of fused-ring (bicyclic) bond motifs is 1. The lowest BCUT2D eigenvalue weighted by molar-refractivity contribution is -0.116. The number of nitrogens with zero attached hydrogens (tertiary/aromatic N) is 4. The Morgan fingerprint density at radius 1 is 1.08 bits per heavy atom. The van der Waals surface area contributed by atoms with Crippen molar-refractivity contribution in [1.82, 2.24) is 9.96 Å². The van der Waals surface area contributed by atoms with Gasteiger partial charge in [-0.2, -0.15) is 8.42 Å². The Hall–Kier alpha value is -3.54. The van der Waals surface area contributed by atoms with Crippen LogP contribution in [0.4, 0.5) is 5.69 Å². The molecule has 0 saturated carbocycles. The first-order valence-electron chi connectivity index (χ1n) is 11.9. The number of thiophene rings is 1. The predicted molar refractivity (Wildman–Crippen MR) is 150 cm³/mol. The Morgan fingerprint density at radius 3 is 2.34 bits per heavy atom. The smallest absolute Gasteiger partial charge is 0.287 e. The average molecular weight is 555 g/mol. The second-order valence-electron chi connectivity index (χ2n) is 9.19. The molecule has 1 aromatic heterocycles. The normalized spacial score (nSPS) is 13.2. The number of carbonyl (C=O) groups excluding carboxylic acids is 2. The van der Waals surface area contributed by atoms with E-state index in [-0.39, 0.29) is 16.7 Å². The Kier molecular flexibility index (Phi) is 7.73. The summed E-state index contributed by atoms with van der Waals surface area (Å²) in [6.07, 6.45) is 2.01. The van der Waals surface area contributed by atoms with Crippen molar-refractivity contribution < 1.29 is 22.8 Å². The quantitative estimate of drug-likeness (QED) is 0.246. The van der Waals surface area contributed by atoms with Gasteiger partial charge in [-0.25, -0.2) is 5.06 Å². The van der Waals surface area contributed by atoms with Gasteiger partial charge < -0.3 is 9.80 Å². The maximum atomic E-state index is 13.3. The molecule has 3 aromatic rings. The molecule has 0 saturated heterocycles. The molecule has 0 atom stereocenters. The molecule has 0 radical (unpaired) electrons. The van der Waals surface area contributed by atoms with Gasteiger partial charge in [0.15, 0.2) is 0 Å². The maximum Gasteiger partial charge on any atom is 0.287 e. The minimum atomic E-state index is -3.86. The third-order valence-electron chi connectivity index (χ3n) is 6.38. The molecule has 2 aromatic carbocycles. The molecular formula is C27H30N4O5S2. The van der Waals surface area contributed by atoms with Crippen molar-refractivity contribution in [3.05, 3.63) is 58.5 Å². The highest BCUT2D eigenvalue weighted by atomic mass is 32.2. The standard InChI is InChI=1S/C27H30N4O5S2/c1-17-24(19-7-10-22(11-8-19)38(34,35)28-16-29(3)4)26(27(33)30(5)36-6)37-25(17)21-9-12-23-20(15-21)13-14-31(23)18(2)32/h7-12,15-16H,13-14H2,1-6H3/b28-16+. The summed E-state index contributed by atoms with van der Waals surface area (Å²) in [6.45, 7) is 4.17. The summed E-state index contributed by atoms with van der Waals surface area (Å²) in [6, 6.07) is 12.4. The molecule has 1 aliphatic heterocycles. The van der Waals surface area contributed by atoms with Gasteiger partial charge in [0.1, 0.15) is 11.2 Å². The summed E-state index contributed by atoms with van der Waals surface area (Å²) in [5.41, 5.74) is 5.27. The molecule has 4 rings (SSSR count). The molecule has 0 fully saturated rings. The van der Waals surface area contributed by atoms with E-state index in [1.54, 1.807) is 50.0 Å². The zero-order valence-corrected chi connectivity index (χ0v) is 23.8. The van der Waals surface area contributed by atoms with Crippen LogP contribution in [0.5, 0.6) is 0 Å². The van der Waals surface area contributed by atoms with Crippen molar-refractivity contribution in [1.29, 1.82) is 0 Å². The van der Waals surface area contributed by atoms with Gasteiger partial charge in [-0.15, -0.1) is 15.7 Å². The molecular weight excluding hydrogens is 524 g/mol. The van der Waals surface area contributed by atoms with Gasteiger partial charge in [0.2, 0.25) is 5.91 Å². The van der Waals surface area contributed by atoms with Crippen LogP contribution in [0.15, 0.2) is 51.8 Å². The fourth-order valence-corrected chi connectivity index (χ4v) is 6.60. The summed E-state index contributed by atoms with van der Waals surface area (Å²) in [5.74, 6) is -0.294. The number of carbonyl (C=O) groups is 2. The lowest BCUT2D eigenvalue weighted by Gasteiger charge is -2.14. The Labute approximate surface area is 227 Å². The van der Waals surface area contributed by atoms with Crippen LogP contribution < -0.4 is 4.90 Å². The molecule has 38 heavy (non-hydrogen) atoms. The zero-order valence-electron chi connectivity index (χ0n) is 22.2. The molecule has 0 aliphatic carbocycles. The highest BCUT2D eigenvalue weighted by molar-refractivity contribution is 7.90. The summed E-state index contributed by atoms with van der Waals surface area (Å²) in [4.78, 5) is 35.2. The molecule has 0 spiro atoms. The number of hydroxylamine groups is 2. The minimum absolute atomic E-state index is 0.0134. The molecule has 11 heteroatoms. The molecule has 0 N–H and O–H groups in total. The Morgan fingerprint density at radius 2 is 1.74 bits per heavy atom. The summed E-state index contributed by atoms with van der Waals surface area (Å²) in [7, 11) is 2.49. The van der Waals surface area contributed by atoms with Crippen LogP contribution in [0.1, 0.15) is 27.7 Å². The van der Waals surface area contributed by atoms with Gasteiger partial charge in [0.05, 0.1) is 12.0 Å². The summed E-state index contributed by atoms with van der Waals surface area (Å²) >= 11 is 1.36. The van der Waals surface area contributed by atoms with Crippen LogP contribution in [-0.4, -0.2) is 71.3 Å². The number of anilines is 1. The van der Waals surface area contributed by atoms with E-state index in [1.807, 2.05) is 19.1 Å². The third kappa shape index (κ3) is 5.22. The van der Waals surface area contributed by atoms with Gasteiger partial charge in [-0.1, -0.05) is 18.2 Å². The molecule has 0 bridgehead atoms. The molecule has 9 nitrogen and oxygen atoms in total. The lowest BCUT2D eigenvalue weighted by atomic mass is 9.98. The van der Waals surface area contributed by atoms with Crippen molar-refractivity contribution in [3.63, 3.8) is 0 Å². The first kappa shape index (κ1) is 27.5. The number of benzene rings is 2. The second-order valence-corrected chi connectivity index (χ2v) is 11.8. The highest BCUT2D eigenvalue weighted by Crippen LogP contribution is 2.44. The Balaban J connectivity index is 1.81. The molecule has 0 unspecified atom stereocenters. The lowest BCUT2D eigenvalue weighted by Crippen LogP contribution is -2.25. The predicted octanol–water partition coefficient (Wildman–Crippen LogP) is 4.21. The summed E-state index contributed by atoms with van der Waals surface area (Å²) < 4.78 is 28.8. The number of hydrogen-bond acceptors (Lipinski definition) is 6. The van der Waals surface area contributed by atoms with Crippen molar-refractivity contribution in [3.8, 4) is 21.6 Å². The number of sulfonamides is 1. The molecule has 2 heterocycles. The van der Waals surface area contributed by atoms with E-state index in [2.05, 4.69) is 10.5 Å². The van der Waals surface area contributed by atoms with Crippen LogP contribution in [0.25, 0.3) is 21.6 Å². The monoisotopic (exact) mass is 554 g/mol. The van der Waals surface area contributed by atoms with Crippen molar-refractivity contribution in [2.75, 3.05) is 39.7 Å². The molecule has 200 valence electrons. The van der Waals surface area contributed by atoms with E-state index in [4.69, 9.17) is 4.84 Å². The van der Waals surface area contributed by atoms with E-state index < -0.39 is 10.0 Å². The first-order valence-corrected chi connectivity index (χ1v) is 14.1. The maximum absolute atomic E-state index is 13.3. The van der Waals surface area contributed by atoms with Crippen LogP contribution in [0, 0.1) is 6.92 Å². The van der Waals surface area contributed by atoms with Gasteiger partial charge in [0, 0.05) is 50.7 Å². The van der Waals surface area contributed by atoms with Crippen LogP contribution in [0.3, 0.4) is 0 Å². The number of rotatable bonds is 7. The van der Waals surface area contributed by atoms with E-state index in [9.17, 15) is 18.0 Å². The van der Waals surface area contributed by atoms with Crippen molar-refractivity contribution in [2.24, 2.45) is 4.40 Å². The van der Waals surface area contributed by atoms with Gasteiger partial charge in [-0.3, -0.25) is 14.4 Å². The third-order valence-corrected chi connectivity index (χ3v) is 8.94. The van der Waals surface area contributed by atoms with Crippen molar-refractivity contribution >= 4 is 45.2 Å². The van der Waals surface area contributed by atoms with Gasteiger partial charge in [0.25, 0.3) is 15.9 Å².